The van der Waals surface area contributed by atoms with E-state index in [1.807, 2.05) is 0 Å². The highest BCUT2D eigenvalue weighted by Crippen LogP contribution is 2.15. The van der Waals surface area contributed by atoms with Gasteiger partial charge in [-0.1, -0.05) is 117 Å². The molecule has 0 unspecified atom stereocenters. The van der Waals surface area contributed by atoms with Gasteiger partial charge in [0.05, 0.1) is 0 Å². The number of nitrogens with zero attached hydrogens (tertiary/aromatic N) is 1. The number of hydrogen-bond acceptors (Lipinski definition) is 4. The van der Waals surface area contributed by atoms with Crippen molar-refractivity contribution < 1.29 is 24.3 Å². The van der Waals surface area contributed by atoms with Crippen LogP contribution in [0.2, 0.25) is 0 Å². The number of amides is 3. The second-order valence-corrected chi connectivity index (χ2v) is 10.6. The van der Waals surface area contributed by atoms with Gasteiger partial charge in [0, 0.05) is 12.8 Å². The van der Waals surface area contributed by atoms with E-state index < -0.39 is 24.0 Å². The summed E-state index contributed by atoms with van der Waals surface area (Å²) in [5.74, 6) is -2.45. The summed E-state index contributed by atoms with van der Waals surface area (Å²) in [5.41, 5.74) is 0. The number of rotatable bonds is 24. The summed E-state index contributed by atoms with van der Waals surface area (Å²) >= 11 is 0. The third-order valence-corrected chi connectivity index (χ3v) is 7.02. The zero-order valence-electron chi connectivity index (χ0n) is 24.3. The van der Waals surface area contributed by atoms with Gasteiger partial charge in [0.25, 0.3) is 0 Å². The molecule has 216 valence electrons. The minimum Gasteiger partial charge on any atom is -0.480 e. The molecule has 0 saturated heterocycles. The molecule has 0 aromatic rings. The van der Waals surface area contributed by atoms with Gasteiger partial charge < -0.3 is 10.4 Å². The Balaban J connectivity index is 4.68. The second kappa shape index (κ2) is 23.2. The van der Waals surface area contributed by atoms with Gasteiger partial charge in [-0.25, -0.2) is 0 Å². The predicted octanol–water partition coefficient (Wildman–Crippen LogP) is 7.16. The number of aliphatic carboxylic acids is 1. The van der Waals surface area contributed by atoms with E-state index in [1.165, 1.54) is 78.1 Å². The second-order valence-electron chi connectivity index (χ2n) is 10.6. The number of carbonyl (C=O) groups is 4. The lowest BCUT2D eigenvalue weighted by atomic mass is 10.0. The van der Waals surface area contributed by atoms with Crippen LogP contribution in [0, 0.1) is 0 Å². The van der Waals surface area contributed by atoms with Crippen molar-refractivity contribution in [3.63, 3.8) is 0 Å². The van der Waals surface area contributed by atoms with Crippen molar-refractivity contribution in [1.29, 1.82) is 0 Å². The van der Waals surface area contributed by atoms with E-state index in [2.05, 4.69) is 19.2 Å². The average molecular weight is 525 g/mol. The van der Waals surface area contributed by atoms with Crippen LogP contribution in [0.4, 0.5) is 0 Å². The summed E-state index contributed by atoms with van der Waals surface area (Å²) in [5, 5.41) is 11.5. The number of unbranched alkanes of at least 4 members (excludes halogenated alkanes) is 16. The molecule has 7 nitrogen and oxygen atoms in total. The Morgan fingerprint density at radius 3 is 1.24 bits per heavy atom. The molecule has 0 aliphatic heterocycles. The zero-order valence-corrected chi connectivity index (χ0v) is 24.3. The van der Waals surface area contributed by atoms with Crippen molar-refractivity contribution in [2.45, 2.75) is 168 Å². The number of carboxylic acids is 1. The van der Waals surface area contributed by atoms with Crippen LogP contribution in [0.3, 0.4) is 0 Å². The minimum absolute atomic E-state index is 0.228. The van der Waals surface area contributed by atoms with Crippen LogP contribution in [-0.2, 0) is 19.2 Å². The number of imide groups is 1. The minimum atomic E-state index is -1.16. The molecular weight excluding hydrogens is 468 g/mol. The molecule has 0 aliphatic rings. The number of carbonyl (C=O) groups excluding carboxylic acids is 3. The quantitative estimate of drug-likeness (QED) is 0.130. The maximum Gasteiger partial charge on any atom is 0.325 e. The first kappa shape index (κ1) is 35.1. The monoisotopic (exact) mass is 524 g/mol. The Labute approximate surface area is 226 Å². The summed E-state index contributed by atoms with van der Waals surface area (Å²) in [6.07, 6.45) is 20.7. The first-order valence-electron chi connectivity index (χ1n) is 15.1. The van der Waals surface area contributed by atoms with Crippen LogP contribution in [0.25, 0.3) is 0 Å². The maximum atomic E-state index is 13.0. The highest BCUT2D eigenvalue weighted by Gasteiger charge is 2.31. The van der Waals surface area contributed by atoms with Crippen molar-refractivity contribution in [3.05, 3.63) is 0 Å². The molecule has 0 bridgehead atoms. The van der Waals surface area contributed by atoms with E-state index in [0.29, 0.717) is 12.8 Å². The van der Waals surface area contributed by atoms with Gasteiger partial charge in [0.15, 0.2) is 0 Å². The van der Waals surface area contributed by atoms with Crippen LogP contribution in [-0.4, -0.2) is 45.8 Å². The predicted molar refractivity (Wildman–Crippen MR) is 150 cm³/mol. The van der Waals surface area contributed by atoms with Crippen molar-refractivity contribution in [2.24, 2.45) is 0 Å². The van der Waals surface area contributed by atoms with Gasteiger partial charge in [0.2, 0.25) is 17.7 Å². The summed E-state index contributed by atoms with van der Waals surface area (Å²) in [6.45, 7) is 7.29. The third kappa shape index (κ3) is 18.1. The maximum absolute atomic E-state index is 13.0. The van der Waals surface area contributed by atoms with E-state index in [1.54, 1.807) is 0 Å². The normalized spacial score (nSPS) is 12.6. The fourth-order valence-electron chi connectivity index (χ4n) is 4.50. The molecule has 0 heterocycles. The molecule has 37 heavy (non-hydrogen) atoms. The van der Waals surface area contributed by atoms with Gasteiger partial charge in [0.1, 0.15) is 12.1 Å². The van der Waals surface area contributed by atoms with Gasteiger partial charge in [-0.05, 0) is 26.7 Å². The van der Waals surface area contributed by atoms with Gasteiger partial charge in [-0.2, -0.15) is 0 Å². The van der Waals surface area contributed by atoms with Crippen molar-refractivity contribution in [2.75, 3.05) is 0 Å². The van der Waals surface area contributed by atoms with Crippen LogP contribution >= 0.6 is 0 Å². The van der Waals surface area contributed by atoms with E-state index >= 15 is 0 Å². The lowest BCUT2D eigenvalue weighted by molar-refractivity contribution is -0.152. The Bertz CT molecular complexity index is 603. The van der Waals surface area contributed by atoms with Crippen LogP contribution in [0.15, 0.2) is 0 Å². The zero-order chi connectivity index (χ0) is 27.9. The molecule has 2 atom stereocenters. The van der Waals surface area contributed by atoms with Crippen molar-refractivity contribution in [1.82, 2.24) is 10.2 Å². The SMILES string of the molecule is CCCCCCCCCCCC(=O)N(C(=O)CCCCCCCCCCC)[C@@H](C)C(=O)N[C@@H](C)C(=O)O. The molecule has 0 aromatic carbocycles. The van der Waals surface area contributed by atoms with Crippen LogP contribution in [0.5, 0.6) is 0 Å². The van der Waals surface area contributed by atoms with E-state index in [-0.39, 0.29) is 24.7 Å². The first-order chi connectivity index (χ1) is 17.8. The topological polar surface area (TPSA) is 104 Å². The molecular formula is C30H56N2O5. The number of hydrogen-bond donors (Lipinski definition) is 2. The molecule has 0 radical (unpaired) electrons. The molecule has 7 heteroatoms. The number of carboxylic acid groups (broad SMARTS) is 1. The van der Waals surface area contributed by atoms with E-state index in [4.69, 9.17) is 5.11 Å². The lowest BCUT2D eigenvalue weighted by Crippen LogP contribution is -2.53. The van der Waals surface area contributed by atoms with Gasteiger partial charge >= 0.3 is 5.97 Å². The van der Waals surface area contributed by atoms with E-state index in [9.17, 15) is 19.2 Å². The summed E-state index contributed by atoms with van der Waals surface area (Å²) in [4.78, 5) is 50.9. The molecule has 0 spiro atoms. The molecule has 0 rings (SSSR count). The molecule has 0 fully saturated rings. The smallest absolute Gasteiger partial charge is 0.325 e. The largest absolute Gasteiger partial charge is 0.480 e. The Kier molecular flexibility index (Phi) is 22.0. The molecule has 2 N–H and O–H groups in total. The van der Waals surface area contributed by atoms with Crippen molar-refractivity contribution in [3.8, 4) is 0 Å². The van der Waals surface area contributed by atoms with Gasteiger partial charge in [-0.3, -0.25) is 24.1 Å². The van der Waals surface area contributed by atoms with Gasteiger partial charge in [-0.15, -0.1) is 0 Å². The average Bonchev–Trinajstić information content (AvgIpc) is 2.86. The fraction of sp³-hybridized carbons (Fsp3) is 0.867. The summed E-state index contributed by atoms with van der Waals surface area (Å²) < 4.78 is 0. The Morgan fingerprint density at radius 1 is 0.595 bits per heavy atom. The summed E-state index contributed by atoms with van der Waals surface area (Å²) in [6, 6.07) is -2.12. The fourth-order valence-corrected chi connectivity index (χ4v) is 4.50. The molecule has 0 aromatic heterocycles. The highest BCUT2D eigenvalue weighted by atomic mass is 16.4. The van der Waals surface area contributed by atoms with Crippen LogP contribution < -0.4 is 5.32 Å². The summed E-state index contributed by atoms with van der Waals surface area (Å²) in [7, 11) is 0. The molecule has 0 saturated carbocycles. The Morgan fingerprint density at radius 2 is 0.919 bits per heavy atom. The third-order valence-electron chi connectivity index (χ3n) is 7.02. The van der Waals surface area contributed by atoms with E-state index in [0.717, 1.165) is 43.4 Å². The molecule has 3 amide bonds. The standard InChI is InChI=1S/C30H56N2O5/c1-5-7-9-11-13-15-17-19-21-23-27(33)32(26(4)29(35)31-25(3)30(36)37)28(34)24-22-20-18-16-14-12-10-8-6-2/h25-26H,5-24H2,1-4H3,(H,31,35)(H,36,37)/t25-,26-/m0/s1. The Hall–Kier alpha value is -1.92. The van der Waals surface area contributed by atoms with Crippen LogP contribution in [0.1, 0.15) is 156 Å². The molecule has 0 aliphatic carbocycles. The highest BCUT2D eigenvalue weighted by molar-refractivity contribution is 6.00. The van der Waals surface area contributed by atoms with Crippen molar-refractivity contribution >= 4 is 23.7 Å². The number of nitrogens with one attached hydrogen (secondary N) is 1. The lowest BCUT2D eigenvalue weighted by Gasteiger charge is -2.27. The first-order valence-corrected chi connectivity index (χ1v) is 15.1.